The van der Waals surface area contributed by atoms with Crippen molar-refractivity contribution in [2.24, 2.45) is 0 Å². The van der Waals surface area contributed by atoms with Crippen molar-refractivity contribution in [3.63, 3.8) is 0 Å². The maximum absolute atomic E-state index is 11.4. The highest BCUT2D eigenvalue weighted by atomic mass is 32.1. The zero-order valence-corrected chi connectivity index (χ0v) is 8.62. The molecule has 0 aliphatic rings. The lowest BCUT2D eigenvalue weighted by molar-refractivity contribution is -0.129. The predicted molar refractivity (Wildman–Crippen MR) is 53.6 cm³/mol. The van der Waals surface area contributed by atoms with Crippen LogP contribution in [0, 0.1) is 0 Å². The second-order valence-electron chi connectivity index (χ2n) is 2.95. The second kappa shape index (κ2) is 4.37. The van der Waals surface area contributed by atoms with Crippen molar-refractivity contribution < 1.29 is 9.21 Å². The van der Waals surface area contributed by atoms with Crippen LogP contribution in [0.2, 0.25) is 0 Å². The Hall–Kier alpha value is -0.900. The van der Waals surface area contributed by atoms with Crippen molar-refractivity contribution in [3.05, 3.63) is 24.2 Å². The maximum Gasteiger partial charge on any atom is 0.235 e. The van der Waals surface area contributed by atoms with Gasteiger partial charge in [-0.15, -0.1) is 0 Å². The van der Waals surface area contributed by atoms with Gasteiger partial charge in [-0.1, -0.05) is 0 Å². The number of hydrogen-bond acceptors (Lipinski definition) is 3. The number of nitrogens with zero attached hydrogens (tertiary/aromatic N) is 1. The molecule has 1 heterocycles. The zero-order valence-electron chi connectivity index (χ0n) is 7.73. The summed E-state index contributed by atoms with van der Waals surface area (Å²) >= 11 is 4.06. The Morgan fingerprint density at radius 1 is 1.77 bits per heavy atom. The molecule has 0 fully saturated rings. The van der Waals surface area contributed by atoms with Crippen LogP contribution in [0.3, 0.4) is 0 Å². The van der Waals surface area contributed by atoms with Gasteiger partial charge in [-0.2, -0.15) is 12.6 Å². The first-order chi connectivity index (χ1) is 6.11. The van der Waals surface area contributed by atoms with Crippen LogP contribution in [0.5, 0.6) is 0 Å². The van der Waals surface area contributed by atoms with E-state index in [-0.39, 0.29) is 11.2 Å². The fourth-order valence-electron chi connectivity index (χ4n) is 1.03. The van der Waals surface area contributed by atoms with Gasteiger partial charge in [-0.05, 0) is 19.1 Å². The van der Waals surface area contributed by atoms with Gasteiger partial charge >= 0.3 is 0 Å². The van der Waals surface area contributed by atoms with E-state index in [1.54, 1.807) is 31.2 Å². The minimum atomic E-state index is -0.264. The third-order valence-electron chi connectivity index (χ3n) is 1.71. The predicted octanol–water partition coefficient (Wildman–Crippen LogP) is 1.56. The SMILES string of the molecule is CC(S)C(=O)N(C)Cc1ccco1. The molecule has 1 aromatic heterocycles. The van der Waals surface area contributed by atoms with E-state index in [0.29, 0.717) is 6.54 Å². The monoisotopic (exact) mass is 199 g/mol. The first kappa shape index (κ1) is 10.2. The molecule has 0 aliphatic heterocycles. The molecule has 13 heavy (non-hydrogen) atoms. The van der Waals surface area contributed by atoms with Crippen LogP contribution in [0.1, 0.15) is 12.7 Å². The first-order valence-corrected chi connectivity index (χ1v) is 4.58. The largest absolute Gasteiger partial charge is 0.467 e. The average Bonchev–Trinajstić information content (AvgIpc) is 2.55. The van der Waals surface area contributed by atoms with Crippen molar-refractivity contribution >= 4 is 18.5 Å². The Balaban J connectivity index is 2.51. The van der Waals surface area contributed by atoms with E-state index in [1.807, 2.05) is 6.07 Å². The lowest BCUT2D eigenvalue weighted by Gasteiger charge is -2.17. The van der Waals surface area contributed by atoms with Crippen LogP contribution >= 0.6 is 12.6 Å². The van der Waals surface area contributed by atoms with Gasteiger partial charge in [0, 0.05) is 7.05 Å². The molecule has 0 bridgehead atoms. The minimum Gasteiger partial charge on any atom is -0.467 e. The number of amides is 1. The summed E-state index contributed by atoms with van der Waals surface area (Å²) in [5, 5.41) is -0.264. The molecule has 0 aromatic carbocycles. The van der Waals surface area contributed by atoms with E-state index in [0.717, 1.165) is 5.76 Å². The van der Waals surface area contributed by atoms with Crippen LogP contribution in [0.4, 0.5) is 0 Å². The van der Waals surface area contributed by atoms with Crippen LogP contribution in [-0.4, -0.2) is 23.1 Å². The summed E-state index contributed by atoms with van der Waals surface area (Å²) in [6.07, 6.45) is 1.60. The molecular weight excluding hydrogens is 186 g/mol. The van der Waals surface area contributed by atoms with E-state index >= 15 is 0 Å². The molecule has 1 unspecified atom stereocenters. The highest BCUT2D eigenvalue weighted by molar-refractivity contribution is 7.81. The molecule has 0 N–H and O–H groups in total. The number of carbonyl (C=O) groups excluding carboxylic acids is 1. The zero-order chi connectivity index (χ0) is 9.84. The van der Waals surface area contributed by atoms with E-state index in [9.17, 15) is 4.79 Å². The molecule has 0 spiro atoms. The number of carbonyl (C=O) groups is 1. The first-order valence-electron chi connectivity index (χ1n) is 4.06. The highest BCUT2D eigenvalue weighted by Gasteiger charge is 2.14. The molecule has 1 amide bonds. The van der Waals surface area contributed by atoms with Crippen molar-refractivity contribution in [2.45, 2.75) is 18.7 Å². The van der Waals surface area contributed by atoms with Crippen molar-refractivity contribution in [1.82, 2.24) is 4.90 Å². The van der Waals surface area contributed by atoms with Gasteiger partial charge in [0.05, 0.1) is 18.1 Å². The van der Waals surface area contributed by atoms with Gasteiger partial charge in [-0.25, -0.2) is 0 Å². The van der Waals surface area contributed by atoms with E-state index in [4.69, 9.17) is 4.42 Å². The molecule has 1 rings (SSSR count). The third kappa shape index (κ3) is 2.81. The number of thiol groups is 1. The average molecular weight is 199 g/mol. The molecule has 0 radical (unpaired) electrons. The van der Waals surface area contributed by atoms with E-state index in [2.05, 4.69) is 12.6 Å². The standard InChI is InChI=1S/C9H13NO2S/c1-7(13)9(11)10(2)6-8-4-3-5-12-8/h3-5,7,13H,6H2,1-2H3. The summed E-state index contributed by atoms with van der Waals surface area (Å²) in [7, 11) is 1.73. The van der Waals surface area contributed by atoms with Crippen molar-refractivity contribution in [2.75, 3.05) is 7.05 Å². The topological polar surface area (TPSA) is 33.5 Å². The van der Waals surface area contributed by atoms with Crippen LogP contribution in [0.25, 0.3) is 0 Å². The van der Waals surface area contributed by atoms with Crippen LogP contribution in [0.15, 0.2) is 22.8 Å². The summed E-state index contributed by atoms with van der Waals surface area (Å²) in [5.41, 5.74) is 0. The molecule has 0 saturated heterocycles. The Labute approximate surface area is 83.1 Å². The molecule has 0 saturated carbocycles. The Morgan fingerprint density at radius 3 is 2.92 bits per heavy atom. The van der Waals surface area contributed by atoms with Gasteiger partial charge in [0.2, 0.25) is 5.91 Å². The van der Waals surface area contributed by atoms with E-state index in [1.165, 1.54) is 0 Å². The smallest absolute Gasteiger partial charge is 0.235 e. The molecule has 1 atom stereocenters. The Kier molecular flexibility index (Phi) is 3.42. The van der Waals surface area contributed by atoms with Gasteiger partial charge in [0.15, 0.2) is 0 Å². The summed E-state index contributed by atoms with van der Waals surface area (Å²) in [6, 6.07) is 3.64. The van der Waals surface area contributed by atoms with Gasteiger partial charge in [-0.3, -0.25) is 4.79 Å². The molecule has 0 aliphatic carbocycles. The molecule has 4 heteroatoms. The normalized spacial score (nSPS) is 12.5. The number of hydrogen-bond donors (Lipinski definition) is 1. The summed E-state index contributed by atoms with van der Waals surface area (Å²) < 4.78 is 5.12. The number of rotatable bonds is 3. The number of furan rings is 1. The van der Waals surface area contributed by atoms with Crippen LogP contribution < -0.4 is 0 Å². The Morgan fingerprint density at radius 2 is 2.46 bits per heavy atom. The molecule has 1 aromatic rings. The van der Waals surface area contributed by atoms with Crippen molar-refractivity contribution in [1.29, 1.82) is 0 Å². The summed E-state index contributed by atoms with van der Waals surface area (Å²) in [4.78, 5) is 13.0. The molecule has 72 valence electrons. The summed E-state index contributed by atoms with van der Waals surface area (Å²) in [5.74, 6) is 0.782. The van der Waals surface area contributed by atoms with Gasteiger partial charge in [0.25, 0.3) is 0 Å². The maximum atomic E-state index is 11.4. The minimum absolute atomic E-state index is 0.000247. The van der Waals surface area contributed by atoms with Gasteiger partial charge in [0.1, 0.15) is 5.76 Å². The lowest BCUT2D eigenvalue weighted by Crippen LogP contribution is -2.31. The molecular formula is C9H13NO2S. The van der Waals surface area contributed by atoms with Crippen LogP contribution in [-0.2, 0) is 11.3 Å². The summed E-state index contributed by atoms with van der Waals surface area (Å²) in [6.45, 7) is 2.25. The Bertz CT molecular complexity index is 269. The van der Waals surface area contributed by atoms with Crippen molar-refractivity contribution in [3.8, 4) is 0 Å². The second-order valence-corrected chi connectivity index (χ2v) is 3.72. The quantitative estimate of drug-likeness (QED) is 0.749. The fourth-order valence-corrected chi connectivity index (χ4v) is 1.23. The third-order valence-corrected chi connectivity index (χ3v) is 1.93. The molecule has 3 nitrogen and oxygen atoms in total. The highest BCUT2D eigenvalue weighted by Crippen LogP contribution is 2.06. The lowest BCUT2D eigenvalue weighted by atomic mass is 10.3. The van der Waals surface area contributed by atoms with E-state index < -0.39 is 0 Å². The fraction of sp³-hybridized carbons (Fsp3) is 0.444. The van der Waals surface area contributed by atoms with Gasteiger partial charge < -0.3 is 9.32 Å².